The van der Waals surface area contributed by atoms with Gasteiger partial charge >= 0.3 is 0 Å². The van der Waals surface area contributed by atoms with Crippen LogP contribution in [0.1, 0.15) is 0 Å². The minimum atomic E-state index is 0.708. The third kappa shape index (κ3) is 4.37. The molecule has 2 nitrogen and oxygen atoms in total. The highest BCUT2D eigenvalue weighted by Crippen LogP contribution is 2.31. The molecule has 0 aliphatic rings. The summed E-state index contributed by atoms with van der Waals surface area (Å²) in [5.41, 5.74) is 4.81. The van der Waals surface area contributed by atoms with E-state index in [9.17, 15) is 0 Å². The Hall–Kier alpha value is -1.82. The van der Waals surface area contributed by atoms with Crippen molar-refractivity contribution in [2.75, 3.05) is 0 Å². The van der Waals surface area contributed by atoms with Gasteiger partial charge in [-0.3, -0.25) is 0 Å². The van der Waals surface area contributed by atoms with E-state index in [-0.39, 0.29) is 0 Å². The first kappa shape index (κ1) is 18.5. The number of hydrogen-bond donors (Lipinski definition) is 0. The summed E-state index contributed by atoms with van der Waals surface area (Å²) in [4.78, 5) is 9.67. The molecule has 0 spiro atoms. The van der Waals surface area contributed by atoms with E-state index < -0.39 is 0 Å². The Morgan fingerprint density at radius 3 is 1.74 bits per heavy atom. The molecular formula is C22H13Br3N2. The lowest BCUT2D eigenvalue weighted by Gasteiger charge is -2.10. The largest absolute Gasteiger partial charge is 0.228 e. The Morgan fingerprint density at radius 2 is 1.07 bits per heavy atom. The average molecular weight is 545 g/mol. The Balaban J connectivity index is 1.94. The Morgan fingerprint density at radius 1 is 0.481 bits per heavy atom. The third-order valence-electron chi connectivity index (χ3n) is 4.04. The summed E-state index contributed by atoms with van der Waals surface area (Å²) in [5.74, 6) is 0.708. The van der Waals surface area contributed by atoms with Crippen LogP contribution < -0.4 is 0 Å². The molecule has 0 unspecified atom stereocenters. The van der Waals surface area contributed by atoms with Gasteiger partial charge in [-0.1, -0.05) is 90.3 Å². The zero-order chi connectivity index (χ0) is 18.8. The summed E-state index contributed by atoms with van der Waals surface area (Å²) < 4.78 is 3.01. The topological polar surface area (TPSA) is 25.8 Å². The molecule has 1 heterocycles. The summed E-state index contributed by atoms with van der Waals surface area (Å²) in [6, 6.07) is 26.4. The highest BCUT2D eigenvalue weighted by molar-refractivity contribution is 9.11. The lowest BCUT2D eigenvalue weighted by molar-refractivity contribution is 1.18. The van der Waals surface area contributed by atoms with E-state index in [1.807, 2.05) is 54.6 Å². The number of rotatable bonds is 3. The van der Waals surface area contributed by atoms with Crippen LogP contribution in [-0.2, 0) is 0 Å². The predicted molar refractivity (Wildman–Crippen MR) is 121 cm³/mol. The van der Waals surface area contributed by atoms with Crippen molar-refractivity contribution in [1.82, 2.24) is 9.97 Å². The van der Waals surface area contributed by atoms with Crippen LogP contribution in [0.2, 0.25) is 0 Å². The van der Waals surface area contributed by atoms with Gasteiger partial charge in [0.15, 0.2) is 5.82 Å². The number of nitrogens with zero attached hydrogens (tertiary/aromatic N) is 2. The van der Waals surface area contributed by atoms with E-state index >= 15 is 0 Å². The van der Waals surface area contributed by atoms with Crippen molar-refractivity contribution in [2.24, 2.45) is 0 Å². The molecule has 0 fully saturated rings. The second-order valence-corrected chi connectivity index (χ2v) is 8.74. The van der Waals surface area contributed by atoms with Crippen LogP contribution in [0.3, 0.4) is 0 Å². The summed E-state index contributed by atoms with van der Waals surface area (Å²) in [5, 5.41) is 0. The Labute approximate surface area is 183 Å². The van der Waals surface area contributed by atoms with Crippen LogP contribution in [-0.4, -0.2) is 9.97 Å². The van der Waals surface area contributed by atoms with E-state index in [1.165, 1.54) is 0 Å². The van der Waals surface area contributed by atoms with Crippen molar-refractivity contribution in [2.45, 2.75) is 0 Å². The second kappa shape index (κ2) is 8.05. The molecule has 0 amide bonds. The van der Waals surface area contributed by atoms with Crippen LogP contribution in [0.5, 0.6) is 0 Å². The molecule has 0 bridgehead atoms. The van der Waals surface area contributed by atoms with Crippen molar-refractivity contribution < 1.29 is 0 Å². The molecule has 0 N–H and O–H groups in total. The minimum Gasteiger partial charge on any atom is -0.228 e. The van der Waals surface area contributed by atoms with Gasteiger partial charge in [0, 0.05) is 30.1 Å². The number of aromatic nitrogens is 2. The zero-order valence-corrected chi connectivity index (χ0v) is 18.8. The molecule has 0 aliphatic heterocycles. The molecule has 0 radical (unpaired) electrons. The molecule has 0 atom stereocenters. The maximum atomic E-state index is 4.84. The molecule has 0 saturated heterocycles. The molecule has 0 saturated carbocycles. The Kier molecular flexibility index (Phi) is 5.53. The molecule has 5 heteroatoms. The van der Waals surface area contributed by atoms with E-state index in [0.29, 0.717) is 5.82 Å². The SMILES string of the molecule is Brc1cccc(-c2cc(-c3cc(Br)cc(Br)c3)nc(-c3ccccc3)n2)c1. The molecule has 27 heavy (non-hydrogen) atoms. The summed E-state index contributed by atoms with van der Waals surface area (Å²) >= 11 is 10.7. The molecule has 132 valence electrons. The maximum absolute atomic E-state index is 4.84. The third-order valence-corrected chi connectivity index (χ3v) is 5.45. The molecule has 3 aromatic carbocycles. The van der Waals surface area contributed by atoms with Gasteiger partial charge in [-0.2, -0.15) is 0 Å². The lowest BCUT2D eigenvalue weighted by atomic mass is 10.1. The summed E-state index contributed by atoms with van der Waals surface area (Å²) in [6.45, 7) is 0. The van der Waals surface area contributed by atoms with Crippen molar-refractivity contribution in [3.05, 3.63) is 92.3 Å². The second-order valence-electron chi connectivity index (χ2n) is 6.00. The van der Waals surface area contributed by atoms with Gasteiger partial charge in [0.05, 0.1) is 11.4 Å². The normalized spacial score (nSPS) is 10.8. The first-order chi connectivity index (χ1) is 13.1. The highest BCUT2D eigenvalue weighted by Gasteiger charge is 2.11. The monoisotopic (exact) mass is 542 g/mol. The van der Waals surface area contributed by atoms with E-state index in [4.69, 9.17) is 9.97 Å². The van der Waals surface area contributed by atoms with Gasteiger partial charge in [0.25, 0.3) is 0 Å². The van der Waals surface area contributed by atoms with Crippen molar-refractivity contribution in [3.8, 4) is 33.9 Å². The van der Waals surface area contributed by atoms with Crippen LogP contribution in [0.4, 0.5) is 0 Å². The smallest absolute Gasteiger partial charge is 0.160 e. The Bertz CT molecular complexity index is 1090. The van der Waals surface area contributed by atoms with Crippen LogP contribution in [0.15, 0.2) is 92.3 Å². The van der Waals surface area contributed by atoms with Gasteiger partial charge in [-0.05, 0) is 36.4 Å². The highest BCUT2D eigenvalue weighted by atomic mass is 79.9. The van der Waals surface area contributed by atoms with Gasteiger partial charge in [0.2, 0.25) is 0 Å². The van der Waals surface area contributed by atoms with E-state index in [1.54, 1.807) is 0 Å². The maximum Gasteiger partial charge on any atom is 0.160 e. The zero-order valence-electron chi connectivity index (χ0n) is 14.0. The van der Waals surface area contributed by atoms with Gasteiger partial charge in [-0.15, -0.1) is 0 Å². The average Bonchev–Trinajstić information content (AvgIpc) is 2.67. The fourth-order valence-corrected chi connectivity index (χ4v) is 4.50. The number of hydrogen-bond acceptors (Lipinski definition) is 2. The van der Waals surface area contributed by atoms with E-state index in [2.05, 4.69) is 72.1 Å². The lowest BCUT2D eigenvalue weighted by Crippen LogP contribution is -1.96. The quantitative estimate of drug-likeness (QED) is 0.263. The van der Waals surface area contributed by atoms with Crippen molar-refractivity contribution >= 4 is 47.8 Å². The van der Waals surface area contributed by atoms with Crippen LogP contribution >= 0.6 is 47.8 Å². The van der Waals surface area contributed by atoms with Crippen molar-refractivity contribution in [3.63, 3.8) is 0 Å². The molecular weight excluding hydrogens is 532 g/mol. The fourth-order valence-electron chi connectivity index (χ4n) is 2.81. The molecule has 1 aromatic heterocycles. The van der Waals surface area contributed by atoms with Gasteiger partial charge < -0.3 is 0 Å². The fraction of sp³-hybridized carbons (Fsp3) is 0. The first-order valence-electron chi connectivity index (χ1n) is 8.25. The van der Waals surface area contributed by atoms with E-state index in [0.717, 1.165) is 41.5 Å². The summed E-state index contributed by atoms with van der Waals surface area (Å²) in [7, 11) is 0. The number of halogens is 3. The van der Waals surface area contributed by atoms with Crippen LogP contribution in [0, 0.1) is 0 Å². The van der Waals surface area contributed by atoms with Crippen molar-refractivity contribution in [1.29, 1.82) is 0 Å². The standard InChI is InChI=1S/C22H13Br3N2/c23-17-8-4-7-15(9-17)20-13-21(16-10-18(24)12-19(25)11-16)27-22(26-20)14-5-2-1-3-6-14/h1-13H. The molecule has 4 rings (SSSR count). The first-order valence-corrected chi connectivity index (χ1v) is 10.6. The number of benzene rings is 3. The minimum absolute atomic E-state index is 0.708. The molecule has 4 aromatic rings. The van der Waals surface area contributed by atoms with Gasteiger partial charge in [-0.25, -0.2) is 9.97 Å². The van der Waals surface area contributed by atoms with Gasteiger partial charge in [0.1, 0.15) is 0 Å². The predicted octanol–water partition coefficient (Wildman–Crippen LogP) is 7.77. The summed E-state index contributed by atoms with van der Waals surface area (Å²) in [6.07, 6.45) is 0. The van der Waals surface area contributed by atoms with Crippen LogP contribution in [0.25, 0.3) is 33.9 Å². The molecule has 0 aliphatic carbocycles.